The molecule has 0 aromatic heterocycles. The number of benzene rings is 1. The van der Waals surface area contributed by atoms with Crippen molar-refractivity contribution in [1.29, 1.82) is 0 Å². The van der Waals surface area contributed by atoms with Gasteiger partial charge in [-0.1, -0.05) is 0 Å². The Morgan fingerprint density at radius 1 is 1.08 bits per heavy atom. The van der Waals surface area contributed by atoms with Crippen LogP contribution >= 0.6 is 12.4 Å². The van der Waals surface area contributed by atoms with Crippen LogP contribution in [0.25, 0.3) is 0 Å². The van der Waals surface area contributed by atoms with E-state index in [0.29, 0.717) is 22.5 Å². The molecular weight excluding hydrogens is 242 g/mol. The molecule has 0 aliphatic heterocycles. The Morgan fingerprint density at radius 3 is 1.92 bits per heavy atom. The molecule has 0 heterocycles. The molecule has 0 saturated heterocycles. The summed E-state index contributed by atoms with van der Waals surface area (Å²) < 4.78 is 36.6. The van der Waals surface area contributed by atoms with E-state index in [4.69, 9.17) is 0 Å². The van der Waals surface area contributed by atoms with Crippen molar-refractivity contribution >= 4 is 16.6 Å². The van der Waals surface area contributed by atoms with Crippen LogP contribution in [0.5, 0.6) is 0 Å². The monoisotopic (exact) mass is 245 g/mol. The van der Waals surface area contributed by atoms with E-state index in [1.807, 2.05) is 0 Å². The zero-order valence-electron chi connectivity index (χ0n) is 6.06. The third-order valence-corrected chi connectivity index (χ3v) is 2.62. The zero-order valence-corrected chi connectivity index (χ0v) is 9.84. The van der Waals surface area contributed by atoms with Crippen molar-refractivity contribution in [3.05, 3.63) is 29.8 Å². The summed E-state index contributed by atoms with van der Waals surface area (Å²) in [6.07, 6.45) is -4.19. The zero-order chi connectivity index (χ0) is 8.48. The van der Waals surface area contributed by atoms with Gasteiger partial charge in [0.1, 0.15) is 0 Å². The second-order valence-electron chi connectivity index (χ2n) is 2.15. The maximum atomic E-state index is 12.1. The normalized spacial score (nSPS) is 10.8. The second kappa shape index (κ2) is 4.24. The van der Waals surface area contributed by atoms with E-state index in [9.17, 15) is 13.2 Å². The first-order chi connectivity index (χ1) is 5.02. The average Bonchev–Trinajstić information content (AvgIpc) is 1.86. The van der Waals surface area contributed by atoms with Crippen molar-refractivity contribution in [3.63, 3.8) is 0 Å². The minimum atomic E-state index is -4.19. The molecule has 1 aromatic rings. The average molecular weight is 247 g/mol. The van der Waals surface area contributed by atoms with Gasteiger partial charge in [0.2, 0.25) is 0 Å². The molecule has 0 aliphatic rings. The summed E-state index contributed by atoms with van der Waals surface area (Å²) in [5, 5.41) is 0. The summed E-state index contributed by atoms with van der Waals surface area (Å²) in [5.41, 5.74) is -0.500. The number of alkyl halides is 3. The predicted octanol–water partition coefficient (Wildman–Crippen LogP) is 2.30. The Kier molecular flexibility index (Phi) is 4.22. The van der Waals surface area contributed by atoms with E-state index in [1.165, 1.54) is 12.1 Å². The molecule has 63 valence electrons. The molecule has 0 unspecified atom stereocenters. The van der Waals surface area contributed by atoms with Gasteiger partial charge < -0.3 is 0 Å². The van der Waals surface area contributed by atoms with Gasteiger partial charge in [-0.3, -0.25) is 0 Å². The minimum absolute atomic E-state index is 0. The molecule has 0 aliphatic carbocycles. The van der Waals surface area contributed by atoms with Gasteiger partial charge in [0, 0.05) is 0 Å². The Bertz CT molecular complexity index is 259. The summed E-state index contributed by atoms with van der Waals surface area (Å²) in [5.74, 6) is 0. The van der Waals surface area contributed by atoms with Gasteiger partial charge in [-0.05, 0) is 0 Å². The van der Waals surface area contributed by atoms with Gasteiger partial charge in [-0.25, -0.2) is 0 Å². The summed E-state index contributed by atoms with van der Waals surface area (Å²) in [6.45, 7) is 0. The van der Waals surface area contributed by atoms with Crippen LogP contribution in [-0.2, 0) is 24.5 Å². The fourth-order valence-electron chi connectivity index (χ4n) is 0.797. The fraction of sp³-hybridized carbons (Fsp3) is 0.143. The van der Waals surface area contributed by atoms with Crippen molar-refractivity contribution in [2.45, 2.75) is 6.18 Å². The van der Waals surface area contributed by atoms with Crippen LogP contribution < -0.4 is 4.16 Å². The molecule has 0 fully saturated rings. The number of rotatable bonds is 0. The number of hydrogen-bond acceptors (Lipinski definition) is 0. The van der Waals surface area contributed by atoms with Crippen molar-refractivity contribution < 1.29 is 31.5 Å². The van der Waals surface area contributed by atoms with Gasteiger partial charge in [-0.15, -0.1) is 12.4 Å². The molecule has 5 heteroatoms. The molecule has 0 radical (unpaired) electrons. The van der Waals surface area contributed by atoms with E-state index in [0.717, 1.165) is 6.07 Å². The van der Waals surface area contributed by atoms with E-state index in [-0.39, 0.29) is 12.4 Å². The molecule has 0 amide bonds. The summed E-state index contributed by atoms with van der Waals surface area (Å²) in [4.78, 5) is 0. The predicted molar refractivity (Wildman–Crippen MR) is 38.3 cm³/mol. The summed E-state index contributed by atoms with van der Waals surface area (Å²) >= 11 is 0.537. The SMILES string of the molecule is Cl.FC(F)(F)c1cccc[c]1[Zn]. The van der Waals surface area contributed by atoms with Crippen LogP contribution in [0.4, 0.5) is 13.2 Å². The van der Waals surface area contributed by atoms with Gasteiger partial charge in [0.05, 0.1) is 0 Å². The Labute approximate surface area is 84.2 Å². The third-order valence-electron chi connectivity index (χ3n) is 1.32. The van der Waals surface area contributed by atoms with E-state index >= 15 is 0 Å². The second-order valence-corrected chi connectivity index (χ2v) is 3.75. The van der Waals surface area contributed by atoms with Gasteiger partial charge in [-0.2, -0.15) is 0 Å². The topological polar surface area (TPSA) is 0 Å². The molecule has 12 heavy (non-hydrogen) atoms. The first-order valence-corrected chi connectivity index (χ1v) is 4.48. The quantitative estimate of drug-likeness (QED) is 0.617. The molecule has 0 spiro atoms. The van der Waals surface area contributed by atoms with Crippen molar-refractivity contribution in [3.8, 4) is 0 Å². The third kappa shape index (κ3) is 2.76. The fourth-order valence-corrected chi connectivity index (χ4v) is 1.75. The van der Waals surface area contributed by atoms with Crippen molar-refractivity contribution in [1.82, 2.24) is 0 Å². The molecule has 0 atom stereocenters. The maximum absolute atomic E-state index is 12.1. The first kappa shape index (κ1) is 11.9. The number of hydrogen-bond donors (Lipinski definition) is 0. The molecule has 0 N–H and O–H groups in total. The van der Waals surface area contributed by atoms with E-state index < -0.39 is 11.7 Å². The molecule has 1 rings (SSSR count). The number of halogens is 4. The van der Waals surface area contributed by atoms with E-state index in [1.54, 1.807) is 6.07 Å². The van der Waals surface area contributed by atoms with Crippen molar-refractivity contribution in [2.24, 2.45) is 0 Å². The van der Waals surface area contributed by atoms with Gasteiger partial charge >= 0.3 is 71.6 Å². The molecule has 0 bridgehead atoms. The molecule has 0 nitrogen and oxygen atoms in total. The Morgan fingerprint density at radius 2 is 1.58 bits per heavy atom. The van der Waals surface area contributed by atoms with Crippen molar-refractivity contribution in [2.75, 3.05) is 0 Å². The van der Waals surface area contributed by atoms with Crippen LogP contribution in [-0.4, -0.2) is 0 Å². The van der Waals surface area contributed by atoms with Crippen LogP contribution in [0.2, 0.25) is 0 Å². The first-order valence-electron chi connectivity index (χ1n) is 3.00. The summed E-state index contributed by atoms with van der Waals surface area (Å²) in [6, 6.07) is 5.64. The molecular formula is C7H5ClF3Zn. The van der Waals surface area contributed by atoms with Gasteiger partial charge in [0.25, 0.3) is 0 Å². The van der Waals surface area contributed by atoms with E-state index in [2.05, 4.69) is 0 Å². The standard InChI is InChI=1S/C7H4F3.ClH.Zn/c8-7(9,10)6-4-2-1-3-5-6;;/h1-4H;1H;. The Balaban J connectivity index is 0.00000121. The van der Waals surface area contributed by atoms with Crippen LogP contribution in [0, 0.1) is 0 Å². The Hall–Kier alpha value is -0.0766. The molecule has 1 aromatic carbocycles. The van der Waals surface area contributed by atoms with Crippen LogP contribution in [0.1, 0.15) is 5.56 Å². The molecule has 0 saturated carbocycles. The summed E-state index contributed by atoms with van der Waals surface area (Å²) in [7, 11) is 0. The van der Waals surface area contributed by atoms with Crippen LogP contribution in [0.15, 0.2) is 24.3 Å². The van der Waals surface area contributed by atoms with Gasteiger partial charge in [0.15, 0.2) is 0 Å². The van der Waals surface area contributed by atoms with Crippen LogP contribution in [0.3, 0.4) is 0 Å².